The van der Waals surface area contributed by atoms with Crippen molar-refractivity contribution in [3.63, 3.8) is 0 Å². The van der Waals surface area contributed by atoms with Gasteiger partial charge in [-0.05, 0) is 30.4 Å². The highest BCUT2D eigenvalue weighted by Gasteiger charge is 2.45. The molecule has 5 nitrogen and oxygen atoms in total. The van der Waals surface area contributed by atoms with E-state index < -0.39 is 0 Å². The van der Waals surface area contributed by atoms with Gasteiger partial charge in [-0.25, -0.2) is 4.39 Å². The van der Waals surface area contributed by atoms with Crippen molar-refractivity contribution in [3.8, 4) is 0 Å². The average Bonchev–Trinajstić information content (AvgIpc) is 3.31. The van der Waals surface area contributed by atoms with Crippen molar-refractivity contribution >= 4 is 29.9 Å². The number of benzene rings is 1. The molecule has 1 aromatic carbocycles. The third-order valence-corrected chi connectivity index (χ3v) is 5.35. The molecule has 1 heterocycles. The van der Waals surface area contributed by atoms with Crippen LogP contribution >= 0.6 is 24.0 Å². The maximum Gasteiger partial charge on any atom is 0.193 e. The molecular weight excluding hydrogens is 468 g/mol. The molecule has 3 rings (SSSR count). The molecule has 7 heteroatoms. The van der Waals surface area contributed by atoms with Gasteiger partial charge in [-0.2, -0.15) is 5.10 Å². The van der Waals surface area contributed by atoms with Gasteiger partial charge in [0.1, 0.15) is 5.82 Å². The molecule has 0 amide bonds. The van der Waals surface area contributed by atoms with Crippen LogP contribution in [0.3, 0.4) is 0 Å². The van der Waals surface area contributed by atoms with Crippen LogP contribution in [0.2, 0.25) is 0 Å². The number of halogens is 2. The zero-order valence-electron chi connectivity index (χ0n) is 17.4. The average molecular weight is 499 g/mol. The lowest BCUT2D eigenvalue weighted by atomic mass is 9.95. The van der Waals surface area contributed by atoms with E-state index in [4.69, 9.17) is 0 Å². The van der Waals surface area contributed by atoms with Crippen molar-refractivity contribution in [2.24, 2.45) is 12.0 Å². The smallest absolute Gasteiger partial charge is 0.193 e. The van der Waals surface area contributed by atoms with Gasteiger partial charge in [0.15, 0.2) is 5.96 Å². The molecule has 2 aromatic rings. The summed E-state index contributed by atoms with van der Waals surface area (Å²) in [4.78, 5) is 6.52. The summed E-state index contributed by atoms with van der Waals surface area (Å²) in [5.74, 6) is 1.08. The Morgan fingerprint density at radius 3 is 2.61 bits per heavy atom. The second-order valence-corrected chi connectivity index (χ2v) is 7.88. The molecule has 0 spiro atoms. The summed E-state index contributed by atoms with van der Waals surface area (Å²) in [6.07, 6.45) is 4.07. The summed E-state index contributed by atoms with van der Waals surface area (Å²) in [6, 6.07) is 7.11. The van der Waals surface area contributed by atoms with E-state index in [0.717, 1.165) is 36.6 Å². The maximum atomic E-state index is 14.2. The van der Waals surface area contributed by atoms with Crippen LogP contribution in [0.4, 0.5) is 4.39 Å². The number of aryl methyl sites for hydroxylation is 1. The van der Waals surface area contributed by atoms with E-state index in [1.807, 2.05) is 30.9 Å². The van der Waals surface area contributed by atoms with Gasteiger partial charge in [0, 0.05) is 51.4 Å². The van der Waals surface area contributed by atoms with E-state index in [1.54, 1.807) is 19.2 Å². The molecule has 1 aliphatic carbocycles. The van der Waals surface area contributed by atoms with Crippen LogP contribution < -0.4 is 5.32 Å². The predicted octanol–water partition coefficient (Wildman–Crippen LogP) is 4.04. The van der Waals surface area contributed by atoms with Crippen LogP contribution in [0.25, 0.3) is 0 Å². The number of guanidine groups is 1. The van der Waals surface area contributed by atoms with Crippen molar-refractivity contribution in [1.29, 1.82) is 0 Å². The quantitative estimate of drug-likeness (QED) is 0.371. The van der Waals surface area contributed by atoms with E-state index in [1.165, 1.54) is 5.56 Å². The normalized spacial score (nSPS) is 15.3. The number of hydrogen-bond acceptors (Lipinski definition) is 2. The molecular formula is C21H31FIN5. The van der Waals surface area contributed by atoms with Crippen molar-refractivity contribution in [3.05, 3.63) is 53.1 Å². The van der Waals surface area contributed by atoms with Gasteiger partial charge < -0.3 is 10.2 Å². The number of rotatable bonds is 6. The molecule has 0 radical (unpaired) electrons. The van der Waals surface area contributed by atoms with Gasteiger partial charge in [-0.1, -0.05) is 32.0 Å². The van der Waals surface area contributed by atoms with Crippen LogP contribution in [0, 0.1) is 5.82 Å². The fourth-order valence-electron chi connectivity index (χ4n) is 3.71. The molecule has 154 valence electrons. The second kappa shape index (κ2) is 9.24. The molecule has 1 aliphatic rings. The minimum atomic E-state index is -0.114. The Hall–Kier alpha value is -1.64. The molecule has 1 fully saturated rings. The SMILES string of the molecule is CN=C(NCC1(c2ccccc2F)CC1)N(C)Cc1cn(C)nc1C(C)C.I. The third kappa shape index (κ3) is 4.85. The first-order valence-electron chi connectivity index (χ1n) is 9.55. The third-order valence-electron chi connectivity index (χ3n) is 5.35. The largest absolute Gasteiger partial charge is 0.355 e. The number of hydrogen-bond donors (Lipinski definition) is 1. The summed E-state index contributed by atoms with van der Waals surface area (Å²) in [5.41, 5.74) is 3.02. The first kappa shape index (κ1) is 22.6. The van der Waals surface area contributed by atoms with Gasteiger partial charge in [-0.15, -0.1) is 24.0 Å². The van der Waals surface area contributed by atoms with E-state index in [-0.39, 0.29) is 35.2 Å². The van der Waals surface area contributed by atoms with Gasteiger partial charge in [0.25, 0.3) is 0 Å². The van der Waals surface area contributed by atoms with Crippen LogP contribution in [-0.4, -0.2) is 41.3 Å². The van der Waals surface area contributed by atoms with Crippen molar-refractivity contribution in [2.45, 2.75) is 44.6 Å². The highest BCUT2D eigenvalue weighted by Crippen LogP contribution is 2.48. The first-order chi connectivity index (χ1) is 12.9. The molecule has 0 unspecified atom stereocenters. The monoisotopic (exact) mass is 499 g/mol. The predicted molar refractivity (Wildman–Crippen MR) is 123 cm³/mol. The number of nitrogens with one attached hydrogen (secondary N) is 1. The molecule has 1 saturated carbocycles. The summed E-state index contributed by atoms with van der Waals surface area (Å²) in [5, 5.41) is 8.04. The highest BCUT2D eigenvalue weighted by atomic mass is 127. The van der Waals surface area contributed by atoms with Gasteiger partial charge in [0.2, 0.25) is 0 Å². The first-order valence-corrected chi connectivity index (χ1v) is 9.55. The molecule has 0 bridgehead atoms. The number of nitrogens with zero attached hydrogens (tertiary/aromatic N) is 4. The number of aliphatic imine (C=N–C) groups is 1. The zero-order valence-corrected chi connectivity index (χ0v) is 19.7. The zero-order chi connectivity index (χ0) is 19.6. The Bertz CT molecular complexity index is 826. The molecule has 1 aromatic heterocycles. The molecule has 1 N–H and O–H groups in total. The Kier molecular flexibility index (Phi) is 7.47. The van der Waals surface area contributed by atoms with Crippen LogP contribution in [0.1, 0.15) is 49.4 Å². The minimum Gasteiger partial charge on any atom is -0.355 e. The fourth-order valence-corrected chi connectivity index (χ4v) is 3.71. The summed E-state index contributed by atoms with van der Waals surface area (Å²) in [7, 11) is 5.76. The van der Waals surface area contributed by atoms with Crippen LogP contribution in [0.15, 0.2) is 35.5 Å². The van der Waals surface area contributed by atoms with Crippen molar-refractivity contribution < 1.29 is 4.39 Å². The van der Waals surface area contributed by atoms with Crippen LogP contribution in [0.5, 0.6) is 0 Å². The van der Waals surface area contributed by atoms with Gasteiger partial charge >= 0.3 is 0 Å². The Morgan fingerprint density at radius 1 is 1.36 bits per heavy atom. The standard InChI is InChI=1S/C21H30FN5.HI/c1-15(2)19-16(13-27(5)25-19)12-26(4)20(23-3)24-14-21(10-11-21)17-8-6-7-9-18(17)22;/h6-9,13,15H,10-12,14H2,1-5H3,(H,23,24);1H. The Morgan fingerprint density at radius 2 is 2.04 bits per heavy atom. The molecule has 0 atom stereocenters. The Balaban J connectivity index is 0.00000280. The lowest BCUT2D eigenvalue weighted by Crippen LogP contribution is -2.42. The van der Waals surface area contributed by atoms with Crippen molar-refractivity contribution in [1.82, 2.24) is 20.0 Å². The molecule has 28 heavy (non-hydrogen) atoms. The van der Waals surface area contributed by atoms with E-state index in [2.05, 4.69) is 40.4 Å². The van der Waals surface area contributed by atoms with Gasteiger partial charge in [-0.3, -0.25) is 9.67 Å². The topological polar surface area (TPSA) is 45.5 Å². The minimum absolute atomic E-state index is 0. The molecule has 0 aliphatic heterocycles. The van der Waals surface area contributed by atoms with Gasteiger partial charge in [0.05, 0.1) is 5.69 Å². The lowest BCUT2D eigenvalue weighted by Gasteiger charge is -2.25. The van der Waals surface area contributed by atoms with E-state index in [0.29, 0.717) is 12.5 Å². The molecule has 0 saturated heterocycles. The van der Waals surface area contributed by atoms with Crippen LogP contribution in [-0.2, 0) is 19.0 Å². The van der Waals surface area contributed by atoms with E-state index in [9.17, 15) is 4.39 Å². The Labute approximate surface area is 184 Å². The summed E-state index contributed by atoms with van der Waals surface area (Å²) >= 11 is 0. The highest BCUT2D eigenvalue weighted by molar-refractivity contribution is 14.0. The fraction of sp³-hybridized carbons (Fsp3) is 0.524. The summed E-state index contributed by atoms with van der Waals surface area (Å²) in [6.45, 7) is 5.73. The second-order valence-electron chi connectivity index (χ2n) is 7.88. The summed E-state index contributed by atoms with van der Waals surface area (Å²) < 4.78 is 16.1. The van der Waals surface area contributed by atoms with Crippen molar-refractivity contribution in [2.75, 3.05) is 20.6 Å². The lowest BCUT2D eigenvalue weighted by molar-refractivity contribution is 0.464. The van der Waals surface area contributed by atoms with E-state index >= 15 is 0 Å². The number of aromatic nitrogens is 2. The maximum absolute atomic E-state index is 14.2.